The smallest absolute Gasteiger partial charge is 0.248 e. The standard InChI is InChI=1S/C16H18FN3O2/c17-14-4-3-12(16-13(14)2-1-5-18-16)10-19-6-8-20(9-7-19)15(22)11-21/h1-5,21H,6-11H2. The molecule has 0 radical (unpaired) electrons. The lowest BCUT2D eigenvalue weighted by atomic mass is 10.1. The molecule has 1 aliphatic rings. The summed E-state index contributed by atoms with van der Waals surface area (Å²) in [6.07, 6.45) is 1.67. The average Bonchev–Trinajstić information content (AvgIpc) is 2.57. The Kier molecular flexibility index (Phi) is 4.31. The van der Waals surface area contributed by atoms with Crippen molar-refractivity contribution in [2.75, 3.05) is 32.8 Å². The molecule has 0 atom stereocenters. The Balaban J connectivity index is 1.73. The summed E-state index contributed by atoms with van der Waals surface area (Å²) < 4.78 is 13.8. The summed E-state index contributed by atoms with van der Waals surface area (Å²) in [7, 11) is 0. The van der Waals surface area contributed by atoms with Crippen molar-refractivity contribution < 1.29 is 14.3 Å². The number of carbonyl (C=O) groups excluding carboxylic acids is 1. The van der Waals surface area contributed by atoms with Gasteiger partial charge in [0.2, 0.25) is 5.91 Å². The van der Waals surface area contributed by atoms with Crippen LogP contribution in [-0.4, -0.2) is 58.6 Å². The van der Waals surface area contributed by atoms with E-state index in [2.05, 4.69) is 9.88 Å². The Bertz CT molecular complexity index is 684. The quantitative estimate of drug-likeness (QED) is 0.919. The van der Waals surface area contributed by atoms with Gasteiger partial charge >= 0.3 is 0 Å². The van der Waals surface area contributed by atoms with Gasteiger partial charge in [-0.1, -0.05) is 6.07 Å². The molecule has 2 aromatic rings. The molecule has 1 aromatic carbocycles. The lowest BCUT2D eigenvalue weighted by molar-refractivity contribution is -0.135. The van der Waals surface area contributed by atoms with Gasteiger partial charge in [0, 0.05) is 44.3 Å². The van der Waals surface area contributed by atoms with Crippen molar-refractivity contribution in [1.82, 2.24) is 14.8 Å². The number of aliphatic hydroxyl groups excluding tert-OH is 1. The van der Waals surface area contributed by atoms with Gasteiger partial charge in [0.25, 0.3) is 0 Å². The van der Waals surface area contributed by atoms with Crippen molar-refractivity contribution in [3.8, 4) is 0 Å². The number of rotatable bonds is 3. The zero-order chi connectivity index (χ0) is 15.5. The molecule has 2 heterocycles. The molecule has 1 saturated heterocycles. The van der Waals surface area contributed by atoms with Gasteiger partial charge < -0.3 is 10.0 Å². The molecule has 0 saturated carbocycles. The van der Waals surface area contributed by atoms with Crippen LogP contribution in [0.25, 0.3) is 10.9 Å². The summed E-state index contributed by atoms with van der Waals surface area (Å²) in [6, 6.07) is 6.72. The van der Waals surface area contributed by atoms with Crippen LogP contribution in [0.3, 0.4) is 0 Å². The molecule has 3 rings (SSSR count). The topological polar surface area (TPSA) is 56.7 Å². The molecule has 22 heavy (non-hydrogen) atoms. The third-order valence-corrected chi connectivity index (χ3v) is 4.05. The monoisotopic (exact) mass is 303 g/mol. The number of piperazine rings is 1. The first kappa shape index (κ1) is 14.9. The van der Waals surface area contributed by atoms with Gasteiger partial charge in [-0.25, -0.2) is 4.39 Å². The summed E-state index contributed by atoms with van der Waals surface area (Å²) in [4.78, 5) is 19.6. The summed E-state index contributed by atoms with van der Waals surface area (Å²) in [5.41, 5.74) is 1.68. The predicted octanol–water partition coefficient (Wildman–Crippen LogP) is 1.01. The highest BCUT2D eigenvalue weighted by Gasteiger charge is 2.21. The average molecular weight is 303 g/mol. The van der Waals surface area contributed by atoms with Crippen LogP contribution in [-0.2, 0) is 11.3 Å². The number of halogens is 1. The number of amides is 1. The minimum atomic E-state index is -0.438. The van der Waals surface area contributed by atoms with Gasteiger partial charge in [0.15, 0.2) is 0 Å². The van der Waals surface area contributed by atoms with E-state index in [1.54, 1.807) is 29.3 Å². The minimum Gasteiger partial charge on any atom is -0.387 e. The number of aliphatic hydroxyl groups is 1. The second-order valence-corrected chi connectivity index (χ2v) is 5.42. The molecule has 0 bridgehead atoms. The molecule has 1 fully saturated rings. The van der Waals surface area contributed by atoms with Crippen LogP contribution < -0.4 is 0 Å². The summed E-state index contributed by atoms with van der Waals surface area (Å²) in [6.45, 7) is 2.91. The zero-order valence-electron chi connectivity index (χ0n) is 12.2. The van der Waals surface area contributed by atoms with Crippen LogP contribution in [0.5, 0.6) is 0 Å². The fourth-order valence-electron chi connectivity index (χ4n) is 2.82. The van der Waals surface area contributed by atoms with E-state index in [1.807, 2.05) is 0 Å². The van der Waals surface area contributed by atoms with E-state index in [4.69, 9.17) is 5.11 Å². The van der Waals surface area contributed by atoms with Crippen LogP contribution in [0, 0.1) is 5.82 Å². The van der Waals surface area contributed by atoms with Gasteiger partial charge in [-0.2, -0.15) is 0 Å². The van der Waals surface area contributed by atoms with Crippen molar-refractivity contribution in [2.45, 2.75) is 6.54 Å². The number of hydrogen-bond donors (Lipinski definition) is 1. The largest absolute Gasteiger partial charge is 0.387 e. The number of benzene rings is 1. The highest BCUT2D eigenvalue weighted by molar-refractivity contribution is 5.82. The van der Waals surface area contributed by atoms with Gasteiger partial charge in [-0.15, -0.1) is 0 Å². The molecular formula is C16H18FN3O2. The lowest BCUT2D eigenvalue weighted by Crippen LogP contribution is -2.49. The van der Waals surface area contributed by atoms with Gasteiger partial charge in [-0.3, -0.25) is 14.7 Å². The molecule has 0 unspecified atom stereocenters. The number of fused-ring (bicyclic) bond motifs is 1. The Morgan fingerprint density at radius 2 is 2.00 bits per heavy atom. The molecule has 1 N–H and O–H groups in total. The molecule has 116 valence electrons. The SMILES string of the molecule is O=C(CO)N1CCN(Cc2ccc(F)c3cccnc23)CC1. The third kappa shape index (κ3) is 2.93. The highest BCUT2D eigenvalue weighted by atomic mass is 19.1. The first-order valence-corrected chi connectivity index (χ1v) is 7.32. The summed E-state index contributed by atoms with van der Waals surface area (Å²) in [5, 5.41) is 9.42. The van der Waals surface area contributed by atoms with E-state index in [-0.39, 0.29) is 11.7 Å². The third-order valence-electron chi connectivity index (χ3n) is 4.05. The van der Waals surface area contributed by atoms with Crippen molar-refractivity contribution in [3.63, 3.8) is 0 Å². The highest BCUT2D eigenvalue weighted by Crippen LogP contribution is 2.21. The van der Waals surface area contributed by atoms with Crippen LogP contribution in [0.2, 0.25) is 0 Å². The number of pyridine rings is 1. The van der Waals surface area contributed by atoms with E-state index < -0.39 is 6.61 Å². The zero-order valence-corrected chi connectivity index (χ0v) is 12.2. The summed E-state index contributed by atoms with van der Waals surface area (Å²) >= 11 is 0. The first-order valence-electron chi connectivity index (χ1n) is 7.32. The molecule has 6 heteroatoms. The second kappa shape index (κ2) is 6.37. The van der Waals surface area contributed by atoms with E-state index in [9.17, 15) is 9.18 Å². The number of aromatic nitrogens is 1. The molecular weight excluding hydrogens is 285 g/mol. The molecule has 1 amide bonds. The fourth-order valence-corrected chi connectivity index (χ4v) is 2.82. The number of nitrogens with zero attached hydrogens (tertiary/aromatic N) is 3. The van der Waals surface area contributed by atoms with Crippen LogP contribution in [0.4, 0.5) is 4.39 Å². The van der Waals surface area contributed by atoms with Crippen molar-refractivity contribution in [2.24, 2.45) is 0 Å². The normalized spacial score (nSPS) is 16.2. The van der Waals surface area contributed by atoms with Crippen LogP contribution in [0.1, 0.15) is 5.56 Å². The number of carbonyl (C=O) groups is 1. The Morgan fingerprint density at radius 1 is 1.23 bits per heavy atom. The lowest BCUT2D eigenvalue weighted by Gasteiger charge is -2.34. The van der Waals surface area contributed by atoms with Gasteiger partial charge in [0.1, 0.15) is 12.4 Å². The first-order chi connectivity index (χ1) is 10.7. The van der Waals surface area contributed by atoms with Gasteiger partial charge in [0.05, 0.1) is 5.52 Å². The van der Waals surface area contributed by atoms with E-state index in [0.29, 0.717) is 30.5 Å². The van der Waals surface area contributed by atoms with Gasteiger partial charge in [-0.05, 0) is 23.8 Å². The molecule has 5 nitrogen and oxygen atoms in total. The van der Waals surface area contributed by atoms with E-state index >= 15 is 0 Å². The molecule has 1 aliphatic heterocycles. The maximum atomic E-state index is 13.8. The fraction of sp³-hybridized carbons (Fsp3) is 0.375. The maximum absolute atomic E-state index is 13.8. The van der Waals surface area contributed by atoms with Crippen LogP contribution >= 0.6 is 0 Å². The second-order valence-electron chi connectivity index (χ2n) is 5.42. The molecule has 0 aliphatic carbocycles. The maximum Gasteiger partial charge on any atom is 0.248 e. The minimum absolute atomic E-state index is 0.228. The van der Waals surface area contributed by atoms with Crippen molar-refractivity contribution in [1.29, 1.82) is 0 Å². The number of hydrogen-bond acceptors (Lipinski definition) is 4. The summed E-state index contributed by atoms with van der Waals surface area (Å²) in [5.74, 6) is -0.487. The van der Waals surface area contributed by atoms with E-state index in [0.717, 1.165) is 18.7 Å². The van der Waals surface area contributed by atoms with Crippen molar-refractivity contribution >= 4 is 16.8 Å². The Labute approximate surface area is 128 Å². The van der Waals surface area contributed by atoms with E-state index in [1.165, 1.54) is 6.07 Å². The Hall–Kier alpha value is -2.05. The van der Waals surface area contributed by atoms with Crippen LogP contribution in [0.15, 0.2) is 30.5 Å². The predicted molar refractivity (Wildman–Crippen MR) is 80.6 cm³/mol. The molecule has 0 spiro atoms. The molecule has 1 aromatic heterocycles. The Morgan fingerprint density at radius 3 is 2.73 bits per heavy atom. The van der Waals surface area contributed by atoms with Crippen molar-refractivity contribution in [3.05, 3.63) is 41.8 Å².